The van der Waals surface area contributed by atoms with Crippen LogP contribution in [-0.4, -0.2) is 44.8 Å². The zero-order chi connectivity index (χ0) is 13.7. The molecule has 0 aliphatic carbocycles. The number of aryl methyl sites for hydroxylation is 1. The Morgan fingerprint density at radius 1 is 1.35 bits per heavy atom. The molecule has 1 N–H and O–H groups in total. The normalized spacial score (nSPS) is 32.9. The van der Waals surface area contributed by atoms with Crippen LogP contribution in [0.15, 0.2) is 24.3 Å². The quantitative estimate of drug-likeness (QED) is 0.901. The van der Waals surface area contributed by atoms with Crippen molar-refractivity contribution in [1.82, 2.24) is 14.5 Å². The summed E-state index contributed by atoms with van der Waals surface area (Å²) in [6, 6.07) is 8.19. The van der Waals surface area contributed by atoms with E-state index in [1.54, 1.807) is 0 Å². The maximum absolute atomic E-state index is 11.1. The summed E-state index contributed by atoms with van der Waals surface area (Å²) in [6.07, 6.45) is 2.68. The van der Waals surface area contributed by atoms with Crippen molar-refractivity contribution in [3.8, 4) is 0 Å². The van der Waals surface area contributed by atoms with E-state index < -0.39 is 5.60 Å². The Labute approximate surface area is 119 Å². The fourth-order valence-corrected chi connectivity index (χ4v) is 3.89. The molecule has 3 heterocycles. The summed E-state index contributed by atoms with van der Waals surface area (Å²) < 4.78 is 2.13. The van der Waals surface area contributed by atoms with Crippen LogP contribution in [-0.2, 0) is 13.5 Å². The average molecular weight is 271 g/mol. The fourth-order valence-electron chi connectivity index (χ4n) is 3.89. The molecule has 3 atom stereocenters. The van der Waals surface area contributed by atoms with Crippen LogP contribution in [0.5, 0.6) is 0 Å². The molecular formula is C16H21N3O. The molecule has 2 aliphatic heterocycles. The van der Waals surface area contributed by atoms with E-state index in [0.29, 0.717) is 12.3 Å². The molecule has 2 saturated heterocycles. The molecule has 4 rings (SSSR count). The Balaban J connectivity index is 1.68. The molecule has 1 aromatic heterocycles. The number of hydrogen-bond acceptors (Lipinski definition) is 3. The van der Waals surface area contributed by atoms with E-state index >= 15 is 0 Å². The SMILES string of the molecule is Cn1c(CC2(O)CCN3CCC2C3)nc2ccccc21. The van der Waals surface area contributed by atoms with Crippen molar-refractivity contribution in [2.45, 2.75) is 24.9 Å². The molecule has 2 aliphatic rings. The number of rotatable bonds is 2. The maximum Gasteiger partial charge on any atom is 0.112 e. The van der Waals surface area contributed by atoms with Crippen molar-refractivity contribution in [1.29, 1.82) is 0 Å². The molecule has 3 unspecified atom stereocenters. The highest BCUT2D eigenvalue weighted by Gasteiger charge is 2.45. The van der Waals surface area contributed by atoms with Gasteiger partial charge in [0.1, 0.15) is 5.82 Å². The van der Waals surface area contributed by atoms with Gasteiger partial charge in [0.15, 0.2) is 0 Å². The Morgan fingerprint density at radius 2 is 2.20 bits per heavy atom. The molecular weight excluding hydrogens is 250 g/mol. The number of aromatic nitrogens is 2. The van der Waals surface area contributed by atoms with Gasteiger partial charge in [-0.2, -0.15) is 0 Å². The molecule has 2 aromatic rings. The van der Waals surface area contributed by atoms with E-state index in [2.05, 4.69) is 22.6 Å². The van der Waals surface area contributed by atoms with Crippen LogP contribution in [0.3, 0.4) is 0 Å². The Morgan fingerprint density at radius 3 is 3.05 bits per heavy atom. The summed E-state index contributed by atoms with van der Waals surface area (Å²) >= 11 is 0. The lowest BCUT2D eigenvalue weighted by Crippen LogP contribution is -2.48. The smallest absolute Gasteiger partial charge is 0.112 e. The predicted molar refractivity (Wildman–Crippen MR) is 78.5 cm³/mol. The first kappa shape index (κ1) is 12.4. The van der Waals surface area contributed by atoms with E-state index in [4.69, 9.17) is 4.98 Å². The third-order valence-corrected chi connectivity index (χ3v) is 5.24. The minimum atomic E-state index is -0.567. The predicted octanol–water partition coefficient (Wildman–Crippen LogP) is 1.57. The number of nitrogens with zero attached hydrogens (tertiary/aromatic N) is 3. The molecule has 2 fully saturated rings. The van der Waals surface area contributed by atoms with E-state index in [0.717, 1.165) is 49.3 Å². The molecule has 0 amide bonds. The first-order chi connectivity index (χ1) is 9.66. The Bertz CT molecular complexity index is 650. The summed E-state index contributed by atoms with van der Waals surface area (Å²) in [6.45, 7) is 3.23. The van der Waals surface area contributed by atoms with Gasteiger partial charge in [-0.15, -0.1) is 0 Å². The van der Waals surface area contributed by atoms with Crippen LogP contribution in [0.25, 0.3) is 11.0 Å². The van der Waals surface area contributed by atoms with Gasteiger partial charge < -0.3 is 14.6 Å². The van der Waals surface area contributed by atoms with E-state index in [-0.39, 0.29) is 0 Å². The second kappa shape index (κ2) is 4.30. The van der Waals surface area contributed by atoms with Gasteiger partial charge in [0.05, 0.1) is 16.6 Å². The van der Waals surface area contributed by atoms with Gasteiger partial charge in [-0.25, -0.2) is 4.98 Å². The van der Waals surface area contributed by atoms with Gasteiger partial charge in [-0.1, -0.05) is 12.1 Å². The number of benzene rings is 1. The molecule has 20 heavy (non-hydrogen) atoms. The van der Waals surface area contributed by atoms with Crippen molar-refractivity contribution in [2.75, 3.05) is 19.6 Å². The van der Waals surface area contributed by atoms with Crippen molar-refractivity contribution in [2.24, 2.45) is 13.0 Å². The summed E-state index contributed by atoms with van der Waals surface area (Å²) in [4.78, 5) is 7.19. The Kier molecular flexibility index (Phi) is 2.66. The number of para-hydroxylation sites is 2. The maximum atomic E-state index is 11.1. The zero-order valence-electron chi connectivity index (χ0n) is 11.9. The summed E-state index contributed by atoms with van der Waals surface area (Å²) in [5.41, 5.74) is 1.61. The molecule has 0 radical (unpaired) electrons. The summed E-state index contributed by atoms with van der Waals surface area (Å²) in [5.74, 6) is 1.42. The lowest BCUT2D eigenvalue weighted by atomic mass is 9.79. The monoisotopic (exact) mass is 271 g/mol. The molecule has 4 nitrogen and oxygen atoms in total. The van der Waals surface area contributed by atoms with Crippen LogP contribution in [0.4, 0.5) is 0 Å². The van der Waals surface area contributed by atoms with Gasteiger partial charge in [0.25, 0.3) is 0 Å². The van der Waals surface area contributed by atoms with Gasteiger partial charge in [-0.3, -0.25) is 0 Å². The van der Waals surface area contributed by atoms with Crippen LogP contribution in [0, 0.1) is 5.92 Å². The van der Waals surface area contributed by atoms with Crippen molar-refractivity contribution < 1.29 is 5.11 Å². The first-order valence-electron chi connectivity index (χ1n) is 7.51. The molecule has 0 saturated carbocycles. The molecule has 1 aromatic carbocycles. The van der Waals surface area contributed by atoms with Crippen LogP contribution < -0.4 is 0 Å². The lowest BCUT2D eigenvalue weighted by molar-refractivity contribution is -0.0456. The lowest BCUT2D eigenvalue weighted by Gasteiger charge is -2.38. The standard InChI is InChI=1S/C16H21N3O/c1-18-14-5-3-2-4-13(14)17-15(18)10-16(20)7-9-19-8-6-12(16)11-19/h2-5,12,20H,6-11H2,1H3. The van der Waals surface area contributed by atoms with Gasteiger partial charge in [-0.05, 0) is 31.5 Å². The van der Waals surface area contributed by atoms with Crippen LogP contribution >= 0.6 is 0 Å². The Hall–Kier alpha value is -1.39. The highest BCUT2D eigenvalue weighted by Crippen LogP contribution is 2.37. The third kappa shape index (κ3) is 1.79. The molecule has 106 valence electrons. The van der Waals surface area contributed by atoms with Crippen molar-refractivity contribution in [3.63, 3.8) is 0 Å². The third-order valence-electron chi connectivity index (χ3n) is 5.24. The molecule has 4 heteroatoms. The zero-order valence-corrected chi connectivity index (χ0v) is 11.9. The fraction of sp³-hybridized carbons (Fsp3) is 0.562. The number of piperidine rings is 1. The number of imidazole rings is 1. The van der Waals surface area contributed by atoms with Crippen molar-refractivity contribution in [3.05, 3.63) is 30.1 Å². The van der Waals surface area contributed by atoms with Gasteiger partial charge in [0.2, 0.25) is 0 Å². The number of fused-ring (bicyclic) bond motifs is 3. The molecule has 0 spiro atoms. The van der Waals surface area contributed by atoms with Crippen LogP contribution in [0.1, 0.15) is 18.7 Å². The van der Waals surface area contributed by atoms with Gasteiger partial charge in [0, 0.05) is 32.5 Å². The highest BCUT2D eigenvalue weighted by molar-refractivity contribution is 5.75. The van der Waals surface area contributed by atoms with Crippen LogP contribution in [0.2, 0.25) is 0 Å². The van der Waals surface area contributed by atoms with Gasteiger partial charge >= 0.3 is 0 Å². The summed E-state index contributed by atoms with van der Waals surface area (Å²) in [7, 11) is 2.05. The number of hydrogen-bond donors (Lipinski definition) is 1. The molecule has 2 bridgehead atoms. The first-order valence-corrected chi connectivity index (χ1v) is 7.51. The number of aliphatic hydroxyl groups is 1. The van der Waals surface area contributed by atoms with Crippen molar-refractivity contribution >= 4 is 11.0 Å². The minimum absolute atomic E-state index is 0.413. The largest absolute Gasteiger partial charge is 0.389 e. The van der Waals surface area contributed by atoms with E-state index in [1.165, 1.54) is 0 Å². The second-order valence-electron chi connectivity index (χ2n) is 6.39. The topological polar surface area (TPSA) is 41.3 Å². The second-order valence-corrected chi connectivity index (χ2v) is 6.39. The average Bonchev–Trinajstić information content (AvgIpc) is 3.00. The van der Waals surface area contributed by atoms with E-state index in [1.807, 2.05) is 18.2 Å². The highest BCUT2D eigenvalue weighted by atomic mass is 16.3. The summed E-state index contributed by atoms with van der Waals surface area (Å²) in [5, 5.41) is 11.1. The van der Waals surface area contributed by atoms with E-state index in [9.17, 15) is 5.11 Å². The minimum Gasteiger partial charge on any atom is -0.389 e.